The predicted molar refractivity (Wildman–Crippen MR) is 81.9 cm³/mol. The summed E-state index contributed by atoms with van der Waals surface area (Å²) in [6.07, 6.45) is -0.135. The van der Waals surface area contributed by atoms with Gasteiger partial charge in [0.1, 0.15) is 5.75 Å². The quantitative estimate of drug-likeness (QED) is 0.697. The lowest BCUT2D eigenvalue weighted by molar-refractivity contribution is -0.117. The Labute approximate surface area is 125 Å². The minimum absolute atomic E-state index is 0.0280. The van der Waals surface area contributed by atoms with Gasteiger partial charge in [0, 0.05) is 24.6 Å². The lowest BCUT2D eigenvalue weighted by atomic mass is 10.1. The molecule has 1 aromatic carbocycles. The van der Waals surface area contributed by atoms with Crippen LogP contribution in [0.1, 0.15) is 24.9 Å². The molecule has 6 nitrogen and oxygen atoms in total. The van der Waals surface area contributed by atoms with Crippen LogP contribution in [0.15, 0.2) is 24.3 Å². The van der Waals surface area contributed by atoms with Crippen molar-refractivity contribution in [2.24, 2.45) is 5.73 Å². The molecule has 0 aromatic heterocycles. The zero-order chi connectivity index (χ0) is 15.9. The molecule has 0 heterocycles. The Kier molecular flexibility index (Phi) is 6.64. The van der Waals surface area contributed by atoms with Crippen LogP contribution in [0.5, 0.6) is 5.75 Å². The molecule has 0 unspecified atom stereocenters. The second kappa shape index (κ2) is 7.99. The van der Waals surface area contributed by atoms with Gasteiger partial charge in [-0.3, -0.25) is 4.79 Å². The van der Waals surface area contributed by atoms with Gasteiger partial charge >= 0.3 is 0 Å². The number of methoxy groups -OCH3 is 1. The number of ether oxygens (including phenoxy) is 1. The highest BCUT2D eigenvalue weighted by Gasteiger charge is 2.14. The Balaban J connectivity index is 2.50. The lowest BCUT2D eigenvalue weighted by Crippen LogP contribution is -2.28. The Hall–Kier alpha value is -1.60. The third kappa shape index (κ3) is 6.14. The summed E-state index contributed by atoms with van der Waals surface area (Å²) in [5, 5.41) is 3.14. The zero-order valence-electron chi connectivity index (χ0n) is 12.3. The van der Waals surface area contributed by atoms with Gasteiger partial charge < -0.3 is 15.8 Å². The van der Waals surface area contributed by atoms with Crippen LogP contribution in [0.3, 0.4) is 0 Å². The third-order valence-corrected chi connectivity index (χ3v) is 4.78. The van der Waals surface area contributed by atoms with E-state index in [0.717, 1.165) is 11.3 Å². The average molecular weight is 314 g/mol. The number of carbonyl (C=O) groups is 1. The van der Waals surface area contributed by atoms with Crippen molar-refractivity contribution in [2.75, 3.05) is 25.2 Å². The lowest BCUT2D eigenvalue weighted by Gasteiger charge is -2.17. The highest BCUT2D eigenvalue weighted by molar-refractivity contribution is 7.91. The molecule has 3 N–H and O–H groups in total. The maximum absolute atomic E-state index is 11.7. The molecule has 0 saturated heterocycles. The summed E-state index contributed by atoms with van der Waals surface area (Å²) in [6, 6.07) is 7.53. The molecular weight excluding hydrogens is 292 g/mol. The van der Waals surface area contributed by atoms with Gasteiger partial charge in [0.05, 0.1) is 18.6 Å². The Morgan fingerprint density at radius 1 is 1.33 bits per heavy atom. The van der Waals surface area contributed by atoms with E-state index < -0.39 is 15.7 Å². The van der Waals surface area contributed by atoms with Crippen molar-refractivity contribution >= 4 is 15.7 Å². The number of nitrogens with two attached hydrogens (primary N) is 1. The first kappa shape index (κ1) is 17.5. The highest BCUT2D eigenvalue weighted by Crippen LogP contribution is 2.23. The van der Waals surface area contributed by atoms with Crippen LogP contribution in [-0.4, -0.2) is 39.5 Å². The van der Waals surface area contributed by atoms with Crippen LogP contribution in [0.4, 0.5) is 0 Å². The van der Waals surface area contributed by atoms with E-state index >= 15 is 0 Å². The molecule has 0 aliphatic carbocycles. The molecule has 1 rings (SSSR count). The van der Waals surface area contributed by atoms with E-state index in [2.05, 4.69) is 5.32 Å². The number of benzene rings is 1. The molecular formula is C14H22N2O4S. The first-order valence-electron chi connectivity index (χ1n) is 6.71. The first-order valence-corrected chi connectivity index (χ1v) is 8.53. The molecule has 1 atom stereocenters. The van der Waals surface area contributed by atoms with Gasteiger partial charge in [-0.25, -0.2) is 8.42 Å². The minimum atomic E-state index is -3.26. The fraction of sp³-hybridized carbons (Fsp3) is 0.500. The second-order valence-corrected chi connectivity index (χ2v) is 7.09. The molecule has 0 radical (unpaired) electrons. The van der Waals surface area contributed by atoms with Gasteiger partial charge in [0.2, 0.25) is 5.91 Å². The molecule has 7 heteroatoms. The maximum atomic E-state index is 11.7. The van der Waals surface area contributed by atoms with Crippen molar-refractivity contribution in [2.45, 2.75) is 19.4 Å². The maximum Gasteiger partial charge on any atom is 0.218 e. The number of hydrogen-bond acceptors (Lipinski definition) is 5. The molecule has 21 heavy (non-hydrogen) atoms. The number of amides is 1. The fourth-order valence-corrected chi connectivity index (χ4v) is 3.07. The van der Waals surface area contributed by atoms with E-state index in [9.17, 15) is 13.2 Å². The fourth-order valence-electron chi connectivity index (χ4n) is 1.92. The van der Waals surface area contributed by atoms with Gasteiger partial charge in [-0.1, -0.05) is 18.2 Å². The average Bonchev–Trinajstić information content (AvgIpc) is 2.45. The van der Waals surface area contributed by atoms with Crippen LogP contribution in [0.25, 0.3) is 0 Å². The molecule has 0 aliphatic rings. The summed E-state index contributed by atoms with van der Waals surface area (Å²) in [4.78, 5) is 10.6. The molecule has 1 amide bonds. The summed E-state index contributed by atoms with van der Waals surface area (Å²) in [5.74, 6) is -0.0738. The standard InChI is InChI=1S/C14H22N2O4S/c1-11(12-5-3-4-6-13(12)20-2)16-8-10-21(18,19)9-7-14(15)17/h3-6,11,16H,7-10H2,1-2H3,(H2,15,17)/t11-/m0/s1. The molecule has 1 aromatic rings. The molecule has 0 aliphatic heterocycles. The van der Waals surface area contributed by atoms with Crippen LogP contribution >= 0.6 is 0 Å². The summed E-state index contributed by atoms with van der Waals surface area (Å²) in [7, 11) is -1.67. The Morgan fingerprint density at radius 3 is 2.62 bits per heavy atom. The topological polar surface area (TPSA) is 98.5 Å². The SMILES string of the molecule is COc1ccccc1[C@H](C)NCCS(=O)(=O)CCC(N)=O. The molecule has 0 spiro atoms. The predicted octanol–water partition coefficient (Wildman–Crippen LogP) is 0.636. The van der Waals surface area contributed by atoms with E-state index in [-0.39, 0.29) is 24.0 Å². The summed E-state index contributed by atoms with van der Waals surface area (Å²) in [6.45, 7) is 2.24. The highest BCUT2D eigenvalue weighted by atomic mass is 32.2. The molecule has 118 valence electrons. The summed E-state index contributed by atoms with van der Waals surface area (Å²) in [5.41, 5.74) is 5.92. The van der Waals surface area contributed by atoms with E-state index in [4.69, 9.17) is 10.5 Å². The van der Waals surface area contributed by atoms with Crippen LogP contribution in [-0.2, 0) is 14.6 Å². The van der Waals surface area contributed by atoms with Gasteiger partial charge in [-0.15, -0.1) is 0 Å². The van der Waals surface area contributed by atoms with Crippen molar-refractivity contribution in [3.05, 3.63) is 29.8 Å². The normalized spacial score (nSPS) is 12.9. The van der Waals surface area contributed by atoms with E-state index in [1.807, 2.05) is 31.2 Å². The number of rotatable bonds is 9. The number of hydrogen-bond donors (Lipinski definition) is 2. The van der Waals surface area contributed by atoms with Gasteiger partial charge in [-0.05, 0) is 13.0 Å². The largest absolute Gasteiger partial charge is 0.496 e. The first-order chi connectivity index (χ1) is 9.85. The minimum Gasteiger partial charge on any atom is -0.496 e. The van der Waals surface area contributed by atoms with E-state index in [1.165, 1.54) is 0 Å². The monoisotopic (exact) mass is 314 g/mol. The van der Waals surface area contributed by atoms with Gasteiger partial charge in [0.25, 0.3) is 0 Å². The number of carbonyl (C=O) groups excluding carboxylic acids is 1. The van der Waals surface area contributed by atoms with Crippen molar-refractivity contribution in [1.82, 2.24) is 5.32 Å². The molecule has 0 fully saturated rings. The van der Waals surface area contributed by atoms with Crippen molar-refractivity contribution in [3.63, 3.8) is 0 Å². The van der Waals surface area contributed by atoms with Crippen LogP contribution in [0.2, 0.25) is 0 Å². The Bertz CT molecular complexity index is 572. The second-order valence-electron chi connectivity index (χ2n) is 4.79. The molecule has 0 bridgehead atoms. The van der Waals surface area contributed by atoms with Crippen molar-refractivity contribution < 1.29 is 17.9 Å². The number of sulfone groups is 1. The number of para-hydroxylation sites is 1. The van der Waals surface area contributed by atoms with E-state index in [1.54, 1.807) is 7.11 Å². The van der Waals surface area contributed by atoms with Crippen LogP contribution in [0, 0.1) is 0 Å². The Morgan fingerprint density at radius 2 is 2.00 bits per heavy atom. The number of primary amides is 1. The zero-order valence-corrected chi connectivity index (χ0v) is 13.2. The van der Waals surface area contributed by atoms with Crippen molar-refractivity contribution in [3.8, 4) is 5.75 Å². The van der Waals surface area contributed by atoms with Crippen LogP contribution < -0.4 is 15.8 Å². The van der Waals surface area contributed by atoms with Gasteiger partial charge in [-0.2, -0.15) is 0 Å². The van der Waals surface area contributed by atoms with Gasteiger partial charge in [0.15, 0.2) is 9.84 Å². The third-order valence-electron chi connectivity index (χ3n) is 3.13. The van der Waals surface area contributed by atoms with Crippen molar-refractivity contribution in [1.29, 1.82) is 0 Å². The smallest absolute Gasteiger partial charge is 0.218 e. The molecule has 0 saturated carbocycles. The number of nitrogens with one attached hydrogen (secondary N) is 1. The van der Waals surface area contributed by atoms with E-state index in [0.29, 0.717) is 6.54 Å². The summed E-state index contributed by atoms with van der Waals surface area (Å²) >= 11 is 0. The summed E-state index contributed by atoms with van der Waals surface area (Å²) < 4.78 is 28.7.